The summed E-state index contributed by atoms with van der Waals surface area (Å²) in [5, 5.41) is 2.60. The van der Waals surface area contributed by atoms with E-state index in [-0.39, 0.29) is 0 Å². The highest BCUT2D eigenvalue weighted by Crippen LogP contribution is 2.34. The van der Waals surface area contributed by atoms with Crippen molar-refractivity contribution in [2.45, 2.75) is 38.2 Å². The first-order chi connectivity index (χ1) is 17.2. The lowest BCUT2D eigenvalue weighted by molar-refractivity contribution is -0.142. The lowest BCUT2D eigenvalue weighted by atomic mass is 9.98. The molecule has 0 heterocycles. The number of thioether (sulfide) groups is 1. The van der Waals surface area contributed by atoms with Crippen LogP contribution in [0, 0.1) is 0 Å². The molecular formula is C29H33NO5S. The topological polar surface area (TPSA) is 73.9 Å². The molecule has 0 radical (unpaired) electrons. The second-order valence-corrected chi connectivity index (χ2v) is 10.2. The zero-order valence-corrected chi connectivity index (χ0v) is 22.2. The molecule has 1 unspecified atom stereocenters. The van der Waals surface area contributed by atoms with Crippen molar-refractivity contribution in [2.75, 3.05) is 20.0 Å². The minimum absolute atomic E-state index is 0.364. The molecule has 3 aromatic rings. The molecule has 7 heteroatoms. The summed E-state index contributed by atoms with van der Waals surface area (Å²) in [6, 6.07) is 23.9. The van der Waals surface area contributed by atoms with Crippen LogP contribution in [0.4, 0.5) is 4.79 Å². The lowest BCUT2D eigenvalue weighted by Gasteiger charge is -2.22. The Hall–Kier alpha value is -3.45. The van der Waals surface area contributed by atoms with Crippen LogP contribution in [0.5, 0.6) is 5.75 Å². The maximum Gasteiger partial charge on any atom is 0.408 e. The fourth-order valence-electron chi connectivity index (χ4n) is 3.58. The van der Waals surface area contributed by atoms with Crippen LogP contribution in [-0.4, -0.2) is 43.7 Å². The molecule has 0 spiro atoms. The van der Waals surface area contributed by atoms with Gasteiger partial charge in [-0.2, -0.15) is 11.8 Å². The van der Waals surface area contributed by atoms with E-state index in [4.69, 9.17) is 14.2 Å². The van der Waals surface area contributed by atoms with Gasteiger partial charge < -0.3 is 19.5 Å². The van der Waals surface area contributed by atoms with Crippen molar-refractivity contribution in [1.29, 1.82) is 0 Å². The van der Waals surface area contributed by atoms with Gasteiger partial charge in [0, 0.05) is 17.1 Å². The van der Waals surface area contributed by atoms with Gasteiger partial charge in [0.1, 0.15) is 17.4 Å². The largest absolute Gasteiger partial charge is 0.496 e. The smallest absolute Gasteiger partial charge is 0.408 e. The molecule has 6 nitrogen and oxygen atoms in total. The SMILES string of the molecule is COC(=O)C(CSCc1ccc(-c2ccc(-c3ccccc3)cc2OC)cc1)NC(=O)OC(C)(C)C. The number of carbonyl (C=O) groups excluding carboxylic acids is 2. The minimum Gasteiger partial charge on any atom is -0.496 e. The number of benzene rings is 3. The minimum atomic E-state index is -0.790. The number of carbonyl (C=O) groups is 2. The maximum absolute atomic E-state index is 12.1. The number of rotatable bonds is 9. The molecule has 0 saturated heterocycles. The maximum atomic E-state index is 12.1. The van der Waals surface area contributed by atoms with Crippen molar-refractivity contribution in [2.24, 2.45) is 0 Å². The summed E-state index contributed by atoms with van der Waals surface area (Å²) in [6.45, 7) is 5.31. The van der Waals surface area contributed by atoms with Crippen LogP contribution in [0.2, 0.25) is 0 Å². The average Bonchev–Trinajstić information content (AvgIpc) is 2.87. The van der Waals surface area contributed by atoms with Crippen LogP contribution in [0.25, 0.3) is 22.3 Å². The Balaban J connectivity index is 1.63. The Labute approximate surface area is 217 Å². The highest BCUT2D eigenvalue weighted by molar-refractivity contribution is 7.98. The molecule has 36 heavy (non-hydrogen) atoms. The standard InChI is InChI=1S/C29H33NO5S/c1-29(2,3)35-28(32)30-25(27(31)34-5)19-36-18-20-11-13-22(14-12-20)24-16-15-23(17-26(24)33-4)21-9-7-6-8-10-21/h6-17,25H,18-19H2,1-5H3,(H,30,32). The van der Waals surface area contributed by atoms with Crippen molar-refractivity contribution < 1.29 is 23.8 Å². The van der Waals surface area contributed by atoms with E-state index >= 15 is 0 Å². The van der Waals surface area contributed by atoms with E-state index in [1.54, 1.807) is 27.9 Å². The van der Waals surface area contributed by atoms with Gasteiger partial charge in [0.2, 0.25) is 0 Å². The fraction of sp³-hybridized carbons (Fsp3) is 0.310. The third-order valence-corrected chi connectivity index (χ3v) is 6.41. The number of alkyl carbamates (subject to hydrolysis) is 1. The fourth-order valence-corrected chi connectivity index (χ4v) is 4.58. The molecule has 0 aliphatic heterocycles. The number of amides is 1. The predicted molar refractivity (Wildman–Crippen MR) is 145 cm³/mol. The van der Waals surface area contributed by atoms with E-state index in [0.717, 1.165) is 33.6 Å². The summed E-state index contributed by atoms with van der Waals surface area (Å²) in [6.07, 6.45) is -0.643. The zero-order chi connectivity index (χ0) is 26.1. The second kappa shape index (κ2) is 12.5. The van der Waals surface area contributed by atoms with E-state index in [2.05, 4.69) is 59.9 Å². The Kier molecular flexibility index (Phi) is 9.42. The van der Waals surface area contributed by atoms with Crippen molar-refractivity contribution in [3.05, 3.63) is 78.4 Å². The third kappa shape index (κ3) is 7.78. The molecule has 0 aromatic heterocycles. The molecule has 3 aromatic carbocycles. The summed E-state index contributed by atoms with van der Waals surface area (Å²) < 4.78 is 15.8. The van der Waals surface area contributed by atoms with Crippen LogP contribution in [-0.2, 0) is 20.0 Å². The number of methoxy groups -OCH3 is 2. The molecule has 0 saturated carbocycles. The quantitative estimate of drug-likeness (QED) is 0.341. The Morgan fingerprint density at radius 1 is 0.889 bits per heavy atom. The number of hydrogen-bond donors (Lipinski definition) is 1. The van der Waals surface area contributed by atoms with Crippen LogP contribution >= 0.6 is 11.8 Å². The lowest BCUT2D eigenvalue weighted by Crippen LogP contribution is -2.45. The zero-order valence-electron chi connectivity index (χ0n) is 21.4. The average molecular weight is 508 g/mol. The molecule has 1 atom stereocenters. The van der Waals surface area contributed by atoms with Gasteiger partial charge in [0.25, 0.3) is 0 Å². The van der Waals surface area contributed by atoms with Gasteiger partial charge in [-0.25, -0.2) is 9.59 Å². The Morgan fingerprint density at radius 2 is 1.56 bits per heavy atom. The molecule has 3 rings (SSSR count). The highest BCUT2D eigenvalue weighted by atomic mass is 32.2. The molecule has 0 aliphatic rings. The molecule has 0 bridgehead atoms. The summed E-state index contributed by atoms with van der Waals surface area (Å²) in [7, 11) is 2.98. The van der Waals surface area contributed by atoms with Gasteiger partial charge in [0.15, 0.2) is 0 Å². The summed E-state index contributed by atoms with van der Waals surface area (Å²) in [4.78, 5) is 24.2. The van der Waals surface area contributed by atoms with Crippen molar-refractivity contribution in [3.8, 4) is 28.0 Å². The van der Waals surface area contributed by atoms with Crippen LogP contribution in [0.1, 0.15) is 26.3 Å². The summed E-state index contributed by atoms with van der Waals surface area (Å²) in [5.41, 5.74) is 4.77. The van der Waals surface area contributed by atoms with Crippen molar-refractivity contribution in [1.82, 2.24) is 5.32 Å². The van der Waals surface area contributed by atoms with Crippen LogP contribution < -0.4 is 10.1 Å². The van der Waals surface area contributed by atoms with Gasteiger partial charge in [-0.1, -0.05) is 66.7 Å². The molecule has 1 N–H and O–H groups in total. The number of esters is 1. The van der Waals surface area contributed by atoms with Crippen LogP contribution in [0.15, 0.2) is 72.8 Å². The van der Waals surface area contributed by atoms with E-state index in [9.17, 15) is 9.59 Å². The first-order valence-corrected chi connectivity index (χ1v) is 12.8. The van der Waals surface area contributed by atoms with Gasteiger partial charge >= 0.3 is 12.1 Å². The van der Waals surface area contributed by atoms with Gasteiger partial charge in [-0.3, -0.25) is 0 Å². The number of nitrogens with one attached hydrogen (secondary N) is 1. The monoisotopic (exact) mass is 507 g/mol. The summed E-state index contributed by atoms with van der Waals surface area (Å²) >= 11 is 1.53. The molecule has 1 amide bonds. The molecular weight excluding hydrogens is 474 g/mol. The number of hydrogen-bond acceptors (Lipinski definition) is 6. The number of ether oxygens (including phenoxy) is 3. The molecule has 0 fully saturated rings. The van der Waals surface area contributed by atoms with Gasteiger partial charge in [-0.15, -0.1) is 0 Å². The second-order valence-electron chi connectivity index (χ2n) is 9.22. The van der Waals surface area contributed by atoms with Crippen molar-refractivity contribution in [3.63, 3.8) is 0 Å². The van der Waals surface area contributed by atoms with Gasteiger partial charge in [-0.05, 0) is 49.1 Å². The third-order valence-electron chi connectivity index (χ3n) is 5.30. The van der Waals surface area contributed by atoms with Gasteiger partial charge in [0.05, 0.1) is 14.2 Å². The normalized spacial score (nSPS) is 11.9. The molecule has 190 valence electrons. The summed E-state index contributed by atoms with van der Waals surface area (Å²) in [5.74, 6) is 1.35. The Bertz CT molecular complexity index is 1160. The highest BCUT2D eigenvalue weighted by Gasteiger charge is 2.25. The van der Waals surface area contributed by atoms with E-state index in [0.29, 0.717) is 11.5 Å². The predicted octanol–water partition coefficient (Wildman–Crippen LogP) is 6.33. The van der Waals surface area contributed by atoms with Crippen LogP contribution in [0.3, 0.4) is 0 Å². The Morgan fingerprint density at radius 3 is 2.17 bits per heavy atom. The first kappa shape index (κ1) is 27.1. The van der Waals surface area contributed by atoms with E-state index in [1.807, 2.05) is 18.2 Å². The molecule has 0 aliphatic carbocycles. The van der Waals surface area contributed by atoms with E-state index in [1.165, 1.54) is 18.9 Å². The van der Waals surface area contributed by atoms with Crippen molar-refractivity contribution >= 4 is 23.8 Å². The first-order valence-electron chi connectivity index (χ1n) is 11.7. The van der Waals surface area contributed by atoms with E-state index < -0.39 is 23.7 Å².